The molecule has 0 saturated heterocycles. The number of nitriles is 1. The summed E-state index contributed by atoms with van der Waals surface area (Å²) in [5.74, 6) is -0.313. The van der Waals surface area contributed by atoms with Crippen LogP contribution in [0.2, 0.25) is 0 Å². The maximum Gasteiger partial charge on any atom is 0.338 e. The average molecular weight is 217 g/mol. The van der Waals surface area contributed by atoms with E-state index in [1.54, 1.807) is 19.1 Å². The summed E-state index contributed by atoms with van der Waals surface area (Å²) in [7, 11) is 0. The SMILES string of the molecule is CCOC(=O)c1cc(C)c(C#N)cc1CC. The molecule has 0 radical (unpaired) electrons. The molecule has 0 unspecified atom stereocenters. The van der Waals surface area contributed by atoms with Crippen LogP contribution in [0.3, 0.4) is 0 Å². The van der Waals surface area contributed by atoms with Crippen molar-refractivity contribution in [2.75, 3.05) is 6.61 Å². The summed E-state index contributed by atoms with van der Waals surface area (Å²) in [5, 5.41) is 8.91. The van der Waals surface area contributed by atoms with E-state index in [0.717, 1.165) is 11.1 Å². The molecular weight excluding hydrogens is 202 g/mol. The highest BCUT2D eigenvalue weighted by Gasteiger charge is 2.13. The maximum absolute atomic E-state index is 11.7. The third kappa shape index (κ3) is 2.40. The van der Waals surface area contributed by atoms with Gasteiger partial charge in [0.15, 0.2) is 0 Å². The van der Waals surface area contributed by atoms with E-state index in [9.17, 15) is 4.79 Å². The molecule has 0 bridgehead atoms. The number of carbonyl (C=O) groups is 1. The minimum absolute atomic E-state index is 0.313. The second-order valence-corrected chi connectivity index (χ2v) is 3.51. The lowest BCUT2D eigenvalue weighted by Crippen LogP contribution is -2.09. The van der Waals surface area contributed by atoms with E-state index < -0.39 is 0 Å². The summed E-state index contributed by atoms with van der Waals surface area (Å²) < 4.78 is 4.98. The van der Waals surface area contributed by atoms with Gasteiger partial charge in [0.25, 0.3) is 0 Å². The fourth-order valence-corrected chi connectivity index (χ4v) is 1.56. The van der Waals surface area contributed by atoms with Crippen LogP contribution in [-0.4, -0.2) is 12.6 Å². The van der Waals surface area contributed by atoms with Gasteiger partial charge >= 0.3 is 5.97 Å². The lowest BCUT2D eigenvalue weighted by atomic mass is 9.98. The van der Waals surface area contributed by atoms with E-state index >= 15 is 0 Å². The van der Waals surface area contributed by atoms with Crippen LogP contribution in [-0.2, 0) is 11.2 Å². The van der Waals surface area contributed by atoms with Crippen LogP contribution in [0.1, 0.15) is 40.9 Å². The van der Waals surface area contributed by atoms with Crippen molar-refractivity contribution >= 4 is 5.97 Å². The first-order chi connectivity index (χ1) is 7.63. The Hall–Kier alpha value is -1.82. The molecule has 0 heterocycles. The first kappa shape index (κ1) is 12.3. The summed E-state index contributed by atoms with van der Waals surface area (Å²) in [4.78, 5) is 11.7. The molecule has 0 aromatic heterocycles. The van der Waals surface area contributed by atoms with Crippen LogP contribution in [0, 0.1) is 18.3 Å². The van der Waals surface area contributed by atoms with Gasteiger partial charge in [-0.15, -0.1) is 0 Å². The van der Waals surface area contributed by atoms with Crippen LogP contribution >= 0.6 is 0 Å². The average Bonchev–Trinajstić information content (AvgIpc) is 2.29. The topological polar surface area (TPSA) is 50.1 Å². The van der Waals surface area contributed by atoms with Gasteiger partial charge in [-0.05, 0) is 43.5 Å². The molecule has 3 nitrogen and oxygen atoms in total. The lowest BCUT2D eigenvalue weighted by molar-refractivity contribution is 0.0525. The van der Waals surface area contributed by atoms with Crippen molar-refractivity contribution in [2.24, 2.45) is 0 Å². The number of carbonyl (C=O) groups excluding carboxylic acids is 1. The summed E-state index contributed by atoms with van der Waals surface area (Å²) in [6.07, 6.45) is 0.711. The number of aryl methyl sites for hydroxylation is 2. The molecule has 0 spiro atoms. The van der Waals surface area contributed by atoms with Gasteiger partial charge in [0.05, 0.1) is 23.8 Å². The van der Waals surface area contributed by atoms with E-state index in [1.165, 1.54) is 0 Å². The summed E-state index contributed by atoms with van der Waals surface area (Å²) in [5.41, 5.74) is 2.86. The van der Waals surface area contributed by atoms with Crippen molar-refractivity contribution in [1.29, 1.82) is 5.26 Å². The lowest BCUT2D eigenvalue weighted by Gasteiger charge is -2.09. The Kier molecular flexibility index (Phi) is 4.07. The number of benzene rings is 1. The van der Waals surface area contributed by atoms with Gasteiger partial charge in [-0.25, -0.2) is 4.79 Å². The molecular formula is C13H15NO2. The smallest absolute Gasteiger partial charge is 0.338 e. The Morgan fingerprint density at radius 1 is 1.44 bits per heavy atom. The molecule has 1 rings (SSSR count). The highest BCUT2D eigenvalue weighted by atomic mass is 16.5. The molecule has 0 aliphatic heterocycles. The monoisotopic (exact) mass is 217 g/mol. The molecule has 0 fully saturated rings. The van der Waals surface area contributed by atoms with Gasteiger partial charge in [0.1, 0.15) is 0 Å². The van der Waals surface area contributed by atoms with Crippen molar-refractivity contribution in [3.63, 3.8) is 0 Å². The minimum Gasteiger partial charge on any atom is -0.462 e. The van der Waals surface area contributed by atoms with Crippen LogP contribution in [0.4, 0.5) is 0 Å². The second-order valence-electron chi connectivity index (χ2n) is 3.51. The first-order valence-corrected chi connectivity index (χ1v) is 5.34. The van der Waals surface area contributed by atoms with Crippen molar-refractivity contribution in [2.45, 2.75) is 27.2 Å². The largest absolute Gasteiger partial charge is 0.462 e. The van der Waals surface area contributed by atoms with Crippen LogP contribution in [0.5, 0.6) is 0 Å². The van der Waals surface area contributed by atoms with E-state index in [-0.39, 0.29) is 5.97 Å². The van der Waals surface area contributed by atoms with Crippen LogP contribution in [0.25, 0.3) is 0 Å². The Bertz CT molecular complexity index is 444. The Morgan fingerprint density at radius 3 is 2.62 bits per heavy atom. The van der Waals surface area contributed by atoms with Crippen molar-refractivity contribution < 1.29 is 9.53 Å². The third-order valence-corrected chi connectivity index (χ3v) is 2.45. The van der Waals surface area contributed by atoms with E-state index in [0.29, 0.717) is 24.2 Å². The minimum atomic E-state index is -0.313. The number of hydrogen-bond donors (Lipinski definition) is 0. The molecule has 1 aromatic carbocycles. The van der Waals surface area contributed by atoms with E-state index in [2.05, 4.69) is 6.07 Å². The molecule has 0 amide bonds. The number of esters is 1. The van der Waals surface area contributed by atoms with Gasteiger partial charge in [0.2, 0.25) is 0 Å². The predicted octanol–water partition coefficient (Wildman–Crippen LogP) is 2.61. The molecule has 0 N–H and O–H groups in total. The molecule has 84 valence electrons. The maximum atomic E-state index is 11.7. The van der Waals surface area contributed by atoms with Crippen molar-refractivity contribution in [1.82, 2.24) is 0 Å². The Labute approximate surface area is 95.7 Å². The summed E-state index contributed by atoms with van der Waals surface area (Å²) in [6.45, 7) is 5.91. The Balaban J connectivity index is 3.24. The molecule has 1 aromatic rings. The number of ether oxygens (including phenoxy) is 1. The van der Waals surface area contributed by atoms with Gasteiger partial charge < -0.3 is 4.74 Å². The number of hydrogen-bond acceptors (Lipinski definition) is 3. The van der Waals surface area contributed by atoms with Crippen LogP contribution in [0.15, 0.2) is 12.1 Å². The number of nitrogens with zero attached hydrogens (tertiary/aromatic N) is 1. The van der Waals surface area contributed by atoms with Crippen molar-refractivity contribution in [3.05, 3.63) is 34.4 Å². The highest BCUT2D eigenvalue weighted by Crippen LogP contribution is 2.17. The van der Waals surface area contributed by atoms with E-state index in [1.807, 2.05) is 13.8 Å². The van der Waals surface area contributed by atoms with E-state index in [4.69, 9.17) is 10.00 Å². The van der Waals surface area contributed by atoms with Crippen LogP contribution < -0.4 is 0 Å². The zero-order chi connectivity index (χ0) is 12.1. The van der Waals surface area contributed by atoms with Gasteiger partial charge in [-0.1, -0.05) is 6.92 Å². The summed E-state index contributed by atoms with van der Waals surface area (Å²) >= 11 is 0. The predicted molar refractivity (Wildman–Crippen MR) is 61.2 cm³/mol. The second kappa shape index (κ2) is 5.32. The standard InChI is InChI=1S/C13H15NO2/c1-4-10-7-11(8-14)9(3)6-12(10)13(15)16-5-2/h6-7H,4-5H2,1-3H3. The fourth-order valence-electron chi connectivity index (χ4n) is 1.56. The molecule has 16 heavy (non-hydrogen) atoms. The van der Waals surface area contributed by atoms with Crippen molar-refractivity contribution in [3.8, 4) is 6.07 Å². The summed E-state index contributed by atoms with van der Waals surface area (Å²) in [6, 6.07) is 5.61. The fraction of sp³-hybridized carbons (Fsp3) is 0.385. The molecule has 0 aliphatic rings. The zero-order valence-electron chi connectivity index (χ0n) is 9.83. The van der Waals surface area contributed by atoms with Gasteiger partial charge in [0, 0.05) is 0 Å². The molecule has 0 saturated carbocycles. The van der Waals surface area contributed by atoms with Gasteiger partial charge in [-0.2, -0.15) is 5.26 Å². The highest BCUT2D eigenvalue weighted by molar-refractivity contribution is 5.91. The van der Waals surface area contributed by atoms with Gasteiger partial charge in [-0.3, -0.25) is 0 Å². The molecule has 3 heteroatoms. The quantitative estimate of drug-likeness (QED) is 0.731. The molecule has 0 atom stereocenters. The Morgan fingerprint density at radius 2 is 2.12 bits per heavy atom. The zero-order valence-corrected chi connectivity index (χ0v) is 9.83. The third-order valence-electron chi connectivity index (χ3n) is 2.45. The number of rotatable bonds is 3. The molecule has 0 aliphatic carbocycles. The first-order valence-electron chi connectivity index (χ1n) is 5.34. The normalized spacial score (nSPS) is 9.62.